The Bertz CT molecular complexity index is 812. The quantitative estimate of drug-likeness (QED) is 0.844. The number of aryl methyl sites for hydroxylation is 1. The first-order valence-corrected chi connectivity index (χ1v) is 8.88. The molecule has 3 rings (SSSR count). The summed E-state index contributed by atoms with van der Waals surface area (Å²) in [6, 6.07) is 8.11. The van der Waals surface area contributed by atoms with Crippen molar-refractivity contribution >= 4 is 15.9 Å². The summed E-state index contributed by atoms with van der Waals surface area (Å²) in [4.78, 5) is 12.3. The molecule has 1 aliphatic rings. The molecule has 1 unspecified atom stereocenters. The maximum atomic E-state index is 12.3. The Hall–Kier alpha value is -2.19. The molecule has 1 aliphatic heterocycles. The highest BCUT2D eigenvalue weighted by Gasteiger charge is 2.24. The van der Waals surface area contributed by atoms with Gasteiger partial charge in [0.2, 0.25) is 15.9 Å². The van der Waals surface area contributed by atoms with Crippen molar-refractivity contribution < 1.29 is 13.2 Å². The molecular weight excluding hydrogens is 316 g/mol. The molecular formula is C15H18N4O3S. The lowest BCUT2D eigenvalue weighted by molar-refractivity contribution is -0.125. The van der Waals surface area contributed by atoms with Gasteiger partial charge in [0.15, 0.2) is 0 Å². The van der Waals surface area contributed by atoms with E-state index < -0.39 is 10.0 Å². The molecule has 7 nitrogen and oxygen atoms in total. The molecule has 2 aromatic rings. The van der Waals surface area contributed by atoms with E-state index in [-0.39, 0.29) is 16.7 Å². The van der Waals surface area contributed by atoms with Crippen LogP contribution in [0.3, 0.4) is 0 Å². The highest BCUT2D eigenvalue weighted by molar-refractivity contribution is 7.89. The first-order chi connectivity index (χ1) is 10.9. The topological polar surface area (TPSA) is 107 Å². The zero-order valence-electron chi connectivity index (χ0n) is 12.5. The summed E-state index contributed by atoms with van der Waals surface area (Å²) in [7, 11) is -3.69. The number of amides is 1. The molecule has 122 valence electrons. The second kappa shape index (κ2) is 6.13. The minimum absolute atomic E-state index is 0.00738. The molecule has 1 aromatic heterocycles. The van der Waals surface area contributed by atoms with E-state index >= 15 is 0 Å². The molecule has 0 bridgehead atoms. The van der Waals surface area contributed by atoms with Crippen molar-refractivity contribution in [1.82, 2.24) is 15.1 Å². The summed E-state index contributed by atoms with van der Waals surface area (Å²) in [5.74, 6) is -0.0455. The van der Waals surface area contributed by atoms with Gasteiger partial charge in [-0.1, -0.05) is 12.1 Å². The monoisotopic (exact) mass is 334 g/mol. The normalized spacial score (nSPS) is 17.5. The van der Waals surface area contributed by atoms with Gasteiger partial charge in [-0.05, 0) is 30.2 Å². The molecule has 3 N–H and O–H groups in total. The van der Waals surface area contributed by atoms with Crippen LogP contribution in [0.2, 0.25) is 0 Å². The molecule has 1 amide bonds. The minimum atomic E-state index is -3.69. The van der Waals surface area contributed by atoms with Crippen LogP contribution in [0.15, 0.2) is 41.4 Å². The summed E-state index contributed by atoms with van der Waals surface area (Å²) >= 11 is 0. The number of nitrogens with zero attached hydrogens (tertiary/aromatic N) is 2. The Morgan fingerprint density at radius 3 is 2.74 bits per heavy atom. The van der Waals surface area contributed by atoms with Crippen LogP contribution < -0.4 is 10.5 Å². The number of sulfonamides is 1. The van der Waals surface area contributed by atoms with Crippen LogP contribution in [0, 0.1) is 5.92 Å². The van der Waals surface area contributed by atoms with Crippen LogP contribution in [0.25, 0.3) is 0 Å². The van der Waals surface area contributed by atoms with E-state index in [1.807, 2.05) is 10.7 Å². The number of benzene rings is 1. The highest BCUT2D eigenvalue weighted by Crippen LogP contribution is 2.19. The average Bonchev–Trinajstić information content (AvgIpc) is 2.99. The Kier molecular flexibility index (Phi) is 4.18. The highest BCUT2D eigenvalue weighted by atomic mass is 32.2. The van der Waals surface area contributed by atoms with Gasteiger partial charge in [-0.3, -0.25) is 9.48 Å². The lowest BCUT2D eigenvalue weighted by Gasteiger charge is -2.22. The van der Waals surface area contributed by atoms with Crippen LogP contribution in [0.1, 0.15) is 17.7 Å². The third-order valence-corrected chi connectivity index (χ3v) is 4.97. The Morgan fingerprint density at radius 1 is 1.30 bits per heavy atom. The predicted molar refractivity (Wildman–Crippen MR) is 83.7 cm³/mol. The largest absolute Gasteiger partial charge is 0.352 e. The fourth-order valence-electron chi connectivity index (χ4n) is 2.72. The van der Waals surface area contributed by atoms with Gasteiger partial charge in [0.1, 0.15) is 0 Å². The fraction of sp³-hybridized carbons (Fsp3) is 0.333. The van der Waals surface area contributed by atoms with Gasteiger partial charge in [0.05, 0.1) is 4.90 Å². The minimum Gasteiger partial charge on any atom is -0.352 e. The van der Waals surface area contributed by atoms with Crippen LogP contribution in [0.4, 0.5) is 0 Å². The van der Waals surface area contributed by atoms with Crippen molar-refractivity contribution in [3.8, 4) is 0 Å². The van der Waals surface area contributed by atoms with Crippen molar-refractivity contribution in [2.45, 2.75) is 30.8 Å². The molecule has 0 aliphatic carbocycles. The smallest absolute Gasteiger partial charge is 0.238 e. The van der Waals surface area contributed by atoms with Crippen LogP contribution >= 0.6 is 0 Å². The van der Waals surface area contributed by atoms with E-state index in [9.17, 15) is 13.2 Å². The third-order valence-electron chi connectivity index (χ3n) is 4.04. The van der Waals surface area contributed by atoms with E-state index in [0.717, 1.165) is 24.2 Å². The summed E-state index contributed by atoms with van der Waals surface area (Å²) < 4.78 is 24.3. The van der Waals surface area contributed by atoms with E-state index in [1.165, 1.54) is 12.1 Å². The van der Waals surface area contributed by atoms with Gasteiger partial charge < -0.3 is 5.32 Å². The standard InChI is InChI=1S/C15H18N4O3S/c16-23(21,22)14-3-1-11(2-4-14)10-17-15(20)12-6-8-19-13(9-12)5-7-18-19/h1-5,7,12H,6,8-10H2,(H,17,20)(H2,16,21,22). The van der Waals surface area contributed by atoms with Gasteiger partial charge >= 0.3 is 0 Å². The summed E-state index contributed by atoms with van der Waals surface area (Å²) in [5.41, 5.74) is 1.90. The number of rotatable bonds is 4. The summed E-state index contributed by atoms with van der Waals surface area (Å²) in [6.07, 6.45) is 3.21. The van der Waals surface area contributed by atoms with Gasteiger partial charge in [0, 0.05) is 37.3 Å². The molecule has 23 heavy (non-hydrogen) atoms. The van der Waals surface area contributed by atoms with Crippen LogP contribution in [0.5, 0.6) is 0 Å². The van der Waals surface area contributed by atoms with Gasteiger partial charge in [-0.15, -0.1) is 0 Å². The molecule has 0 spiro atoms. The number of hydrogen-bond acceptors (Lipinski definition) is 4. The van der Waals surface area contributed by atoms with E-state index in [4.69, 9.17) is 5.14 Å². The number of nitrogens with two attached hydrogens (primary N) is 1. The van der Waals surface area contributed by atoms with Crippen molar-refractivity contribution in [3.05, 3.63) is 47.8 Å². The van der Waals surface area contributed by atoms with Gasteiger partial charge in [-0.25, -0.2) is 13.6 Å². The van der Waals surface area contributed by atoms with Crippen molar-refractivity contribution in [2.75, 3.05) is 0 Å². The Morgan fingerprint density at radius 2 is 2.04 bits per heavy atom. The molecule has 0 saturated carbocycles. The molecule has 0 radical (unpaired) electrons. The second-order valence-corrected chi connectivity index (χ2v) is 7.20. The van der Waals surface area contributed by atoms with Gasteiger partial charge in [-0.2, -0.15) is 5.10 Å². The Balaban J connectivity index is 1.57. The number of hydrogen-bond donors (Lipinski definition) is 2. The third kappa shape index (κ3) is 3.59. The number of carbonyl (C=O) groups is 1. The number of carbonyl (C=O) groups excluding carboxylic acids is 1. The average molecular weight is 334 g/mol. The SMILES string of the molecule is NS(=O)(=O)c1ccc(CNC(=O)C2CCn3nccc3C2)cc1. The van der Waals surface area contributed by atoms with Crippen LogP contribution in [-0.2, 0) is 34.3 Å². The maximum Gasteiger partial charge on any atom is 0.238 e. The lowest BCUT2D eigenvalue weighted by Crippen LogP contribution is -2.35. The zero-order chi connectivity index (χ0) is 16.4. The first-order valence-electron chi connectivity index (χ1n) is 7.33. The number of aromatic nitrogens is 2. The molecule has 8 heteroatoms. The van der Waals surface area contributed by atoms with Gasteiger partial charge in [0.25, 0.3) is 0 Å². The first kappa shape index (κ1) is 15.7. The maximum absolute atomic E-state index is 12.3. The van der Waals surface area contributed by atoms with E-state index in [2.05, 4.69) is 10.4 Å². The number of fused-ring (bicyclic) bond motifs is 1. The summed E-state index contributed by atoms with van der Waals surface area (Å²) in [6.45, 7) is 1.11. The van der Waals surface area contributed by atoms with E-state index in [1.54, 1.807) is 18.3 Å². The fourth-order valence-corrected chi connectivity index (χ4v) is 3.24. The number of nitrogens with one attached hydrogen (secondary N) is 1. The molecule has 0 saturated heterocycles. The molecule has 1 aromatic carbocycles. The summed E-state index contributed by atoms with van der Waals surface area (Å²) in [5, 5.41) is 12.2. The molecule has 0 fully saturated rings. The Labute approximate surface area is 134 Å². The van der Waals surface area contributed by atoms with Crippen LogP contribution in [-0.4, -0.2) is 24.1 Å². The second-order valence-electron chi connectivity index (χ2n) is 5.64. The molecule has 2 heterocycles. The molecule has 1 atom stereocenters. The zero-order valence-corrected chi connectivity index (χ0v) is 13.3. The van der Waals surface area contributed by atoms with E-state index in [0.29, 0.717) is 13.0 Å². The predicted octanol–water partition coefficient (Wildman–Crippen LogP) is 0.409. The van der Waals surface area contributed by atoms with Crippen molar-refractivity contribution in [2.24, 2.45) is 11.1 Å². The lowest BCUT2D eigenvalue weighted by atomic mass is 9.95. The number of primary sulfonamides is 1. The van der Waals surface area contributed by atoms with Crippen molar-refractivity contribution in [1.29, 1.82) is 0 Å². The van der Waals surface area contributed by atoms with Crippen molar-refractivity contribution in [3.63, 3.8) is 0 Å².